The molecule has 1 heteroatoms. The van der Waals surface area contributed by atoms with Crippen molar-refractivity contribution < 1.29 is 0 Å². The number of hydrogen-bond acceptors (Lipinski definition) is 1. The quantitative estimate of drug-likeness (QED) is 0.156. The van der Waals surface area contributed by atoms with Crippen molar-refractivity contribution in [1.82, 2.24) is 0 Å². The topological polar surface area (TPSA) is 3.24 Å². The molecule has 8 aromatic rings. The van der Waals surface area contributed by atoms with Gasteiger partial charge in [0.15, 0.2) is 0 Å². The molecule has 5 atom stereocenters. The Morgan fingerprint density at radius 2 is 0.800 bits per heavy atom. The first kappa shape index (κ1) is 35.5. The van der Waals surface area contributed by atoms with E-state index in [2.05, 4.69) is 205 Å². The molecule has 0 aliphatic heterocycles. The molecule has 290 valence electrons. The highest BCUT2D eigenvalue weighted by atomic mass is 15.1. The molecule has 4 aliphatic rings. The molecule has 3 saturated carbocycles. The summed E-state index contributed by atoms with van der Waals surface area (Å²) < 4.78 is 0. The Bertz CT molecular complexity index is 2800. The van der Waals surface area contributed by atoms with Crippen molar-refractivity contribution in [3.05, 3.63) is 211 Å². The normalized spacial score (nSPS) is 22.0. The highest BCUT2D eigenvalue weighted by Crippen LogP contribution is 2.66. The number of rotatable bonds is 7. The van der Waals surface area contributed by atoms with Gasteiger partial charge in [0.2, 0.25) is 0 Å². The van der Waals surface area contributed by atoms with Crippen LogP contribution in [0.4, 0.5) is 17.1 Å². The summed E-state index contributed by atoms with van der Waals surface area (Å²) in [6, 6.07) is 74.4. The fourth-order valence-electron chi connectivity index (χ4n) is 12.3. The van der Waals surface area contributed by atoms with Gasteiger partial charge in [-0.2, -0.15) is 0 Å². The van der Waals surface area contributed by atoms with Crippen molar-refractivity contribution in [3.8, 4) is 55.6 Å². The number of hydrogen-bond donors (Lipinski definition) is 0. The molecule has 0 amide bonds. The van der Waals surface area contributed by atoms with Crippen LogP contribution in [0.15, 0.2) is 200 Å². The Kier molecular flexibility index (Phi) is 8.51. The van der Waals surface area contributed by atoms with Crippen LogP contribution in [0.2, 0.25) is 0 Å². The van der Waals surface area contributed by atoms with Gasteiger partial charge in [-0.25, -0.2) is 0 Å². The van der Waals surface area contributed by atoms with Gasteiger partial charge in [-0.1, -0.05) is 164 Å². The number of benzene rings is 8. The lowest BCUT2D eigenvalue weighted by Crippen LogP contribution is -2.50. The molecular formula is C59H49N. The summed E-state index contributed by atoms with van der Waals surface area (Å²) in [5.41, 5.74) is 19.7. The zero-order valence-corrected chi connectivity index (χ0v) is 34.1. The molecule has 8 aromatic carbocycles. The molecule has 4 aliphatic carbocycles. The Morgan fingerprint density at radius 3 is 1.37 bits per heavy atom. The predicted octanol–water partition coefficient (Wildman–Crippen LogP) is 15.9. The van der Waals surface area contributed by atoms with E-state index in [1.54, 1.807) is 11.1 Å². The SMILES string of the molecule is c1ccc(-c2ccc(-c3ccc(N(c4ccc(-c5ccccc5)cc4)c4ccc(-c5ccc6c(c5)-c5ccccc5C65CC6CCC7CC6CC5C7)cc4)cc3)cc2)cc1. The summed E-state index contributed by atoms with van der Waals surface area (Å²) in [5, 5.41) is 0. The monoisotopic (exact) mass is 771 g/mol. The molecule has 12 rings (SSSR count). The molecule has 0 radical (unpaired) electrons. The molecule has 5 unspecified atom stereocenters. The van der Waals surface area contributed by atoms with Crippen LogP contribution < -0.4 is 4.90 Å². The largest absolute Gasteiger partial charge is 0.311 e. The smallest absolute Gasteiger partial charge is 0.0462 e. The van der Waals surface area contributed by atoms with Crippen molar-refractivity contribution in [2.75, 3.05) is 4.90 Å². The average Bonchev–Trinajstić information content (AvgIpc) is 3.60. The van der Waals surface area contributed by atoms with E-state index in [1.807, 2.05) is 0 Å². The predicted molar refractivity (Wildman–Crippen MR) is 251 cm³/mol. The lowest BCUT2D eigenvalue weighted by Gasteiger charge is -2.57. The van der Waals surface area contributed by atoms with Crippen molar-refractivity contribution in [3.63, 3.8) is 0 Å². The van der Waals surface area contributed by atoms with E-state index in [0.29, 0.717) is 0 Å². The number of fused-ring (bicyclic) bond motifs is 8. The zero-order chi connectivity index (χ0) is 39.6. The summed E-state index contributed by atoms with van der Waals surface area (Å²) in [7, 11) is 0. The Hall–Kier alpha value is -6.44. The van der Waals surface area contributed by atoms with Gasteiger partial charge in [-0.05, 0) is 165 Å². The van der Waals surface area contributed by atoms with Crippen LogP contribution in [0, 0.1) is 23.7 Å². The minimum absolute atomic E-state index is 0.187. The van der Waals surface area contributed by atoms with Crippen molar-refractivity contribution in [2.45, 2.75) is 43.9 Å². The third kappa shape index (κ3) is 5.89. The Balaban J connectivity index is 0.883. The number of nitrogens with zero attached hydrogens (tertiary/aromatic N) is 1. The van der Waals surface area contributed by atoms with Crippen LogP contribution in [0.25, 0.3) is 55.6 Å². The molecule has 0 aromatic heterocycles. The van der Waals surface area contributed by atoms with Crippen LogP contribution in [-0.2, 0) is 5.41 Å². The minimum atomic E-state index is 0.187. The maximum atomic E-state index is 2.54. The number of anilines is 3. The second kappa shape index (κ2) is 14.4. The first-order valence-corrected chi connectivity index (χ1v) is 22.2. The van der Waals surface area contributed by atoms with Gasteiger partial charge < -0.3 is 4.90 Å². The van der Waals surface area contributed by atoms with Gasteiger partial charge in [-0.3, -0.25) is 0 Å². The Labute approximate surface area is 355 Å². The van der Waals surface area contributed by atoms with Crippen LogP contribution in [-0.4, -0.2) is 0 Å². The highest BCUT2D eigenvalue weighted by Gasteiger charge is 2.57. The second-order valence-corrected chi connectivity index (χ2v) is 18.1. The van der Waals surface area contributed by atoms with Crippen molar-refractivity contribution >= 4 is 17.1 Å². The maximum absolute atomic E-state index is 2.54. The van der Waals surface area contributed by atoms with Gasteiger partial charge in [0, 0.05) is 22.5 Å². The third-order valence-corrected chi connectivity index (χ3v) is 15.1. The van der Waals surface area contributed by atoms with Crippen molar-refractivity contribution in [1.29, 1.82) is 0 Å². The first-order chi connectivity index (χ1) is 29.7. The van der Waals surface area contributed by atoms with Crippen LogP contribution in [0.3, 0.4) is 0 Å². The van der Waals surface area contributed by atoms with E-state index in [-0.39, 0.29) is 5.41 Å². The van der Waals surface area contributed by atoms with Gasteiger partial charge in [-0.15, -0.1) is 0 Å². The lowest BCUT2D eigenvalue weighted by atomic mass is 9.47. The van der Waals surface area contributed by atoms with E-state index >= 15 is 0 Å². The van der Waals surface area contributed by atoms with E-state index < -0.39 is 0 Å². The summed E-state index contributed by atoms with van der Waals surface area (Å²) in [6.45, 7) is 0. The van der Waals surface area contributed by atoms with Crippen molar-refractivity contribution in [2.24, 2.45) is 23.7 Å². The standard InChI is InChI=1S/C59H49N/c1-3-9-41(10-4-1)43-17-19-44(20-18-43)46-23-30-53(31-24-46)60(52-28-21-45(22-29-52)42-11-5-2-6-12-42)54-32-25-47(26-33-54)48-27-34-58-56(38-48)55-13-7-8-14-57(55)59(58)39-49-16-15-40-35-50(49)37-51(59)36-40/h1-14,17-34,38,40,49-51H,15-16,35-37,39H2. The first-order valence-electron chi connectivity index (χ1n) is 22.2. The minimum Gasteiger partial charge on any atom is -0.311 e. The molecule has 3 bridgehead atoms. The van der Waals surface area contributed by atoms with E-state index in [4.69, 9.17) is 0 Å². The van der Waals surface area contributed by atoms with E-state index in [1.165, 1.54) is 94.2 Å². The van der Waals surface area contributed by atoms with Gasteiger partial charge in [0.05, 0.1) is 0 Å². The second-order valence-electron chi connectivity index (χ2n) is 18.1. The van der Waals surface area contributed by atoms with E-state index in [0.717, 1.165) is 40.7 Å². The van der Waals surface area contributed by atoms with E-state index in [9.17, 15) is 0 Å². The Morgan fingerprint density at radius 1 is 0.350 bits per heavy atom. The average molecular weight is 772 g/mol. The molecule has 3 fully saturated rings. The fraction of sp³-hybridized carbons (Fsp3) is 0.186. The van der Waals surface area contributed by atoms with Gasteiger partial charge in [0.25, 0.3) is 0 Å². The molecule has 1 spiro atoms. The van der Waals surface area contributed by atoms with Gasteiger partial charge in [0.1, 0.15) is 0 Å². The molecule has 0 heterocycles. The fourth-order valence-corrected chi connectivity index (χ4v) is 12.3. The molecule has 1 nitrogen and oxygen atoms in total. The van der Waals surface area contributed by atoms with Crippen LogP contribution in [0.5, 0.6) is 0 Å². The summed E-state index contributed by atoms with van der Waals surface area (Å²) >= 11 is 0. The zero-order valence-electron chi connectivity index (χ0n) is 34.1. The van der Waals surface area contributed by atoms with Crippen LogP contribution in [0.1, 0.15) is 49.7 Å². The summed E-state index contributed by atoms with van der Waals surface area (Å²) in [5.74, 6) is 3.54. The lowest BCUT2D eigenvalue weighted by molar-refractivity contribution is -0.0103. The maximum Gasteiger partial charge on any atom is 0.0462 e. The third-order valence-electron chi connectivity index (χ3n) is 15.1. The molecule has 60 heavy (non-hydrogen) atoms. The highest BCUT2D eigenvalue weighted by molar-refractivity contribution is 5.86. The van der Waals surface area contributed by atoms with Crippen LogP contribution >= 0.6 is 0 Å². The van der Waals surface area contributed by atoms with Gasteiger partial charge >= 0.3 is 0 Å². The molecule has 0 N–H and O–H groups in total. The summed E-state index contributed by atoms with van der Waals surface area (Å²) in [4.78, 5) is 2.39. The molecule has 0 saturated heterocycles. The molecular weight excluding hydrogens is 723 g/mol. The summed E-state index contributed by atoms with van der Waals surface area (Å²) in [6.07, 6.45) is 8.57.